The van der Waals surface area contributed by atoms with Gasteiger partial charge in [-0.25, -0.2) is 0 Å². The molecule has 2 aromatic carbocycles. The molecule has 0 fully saturated rings. The molecule has 1 amide bonds. The van der Waals surface area contributed by atoms with Crippen LogP contribution >= 0.6 is 0 Å². The predicted molar refractivity (Wildman–Crippen MR) is 91.7 cm³/mol. The van der Waals surface area contributed by atoms with Crippen molar-refractivity contribution in [3.05, 3.63) is 58.7 Å². The largest absolute Gasteiger partial charge is 0.484 e. The van der Waals surface area contributed by atoms with E-state index in [9.17, 15) is 9.59 Å². The molecule has 0 aromatic heterocycles. The minimum Gasteiger partial charge on any atom is -0.484 e. The van der Waals surface area contributed by atoms with Crippen molar-refractivity contribution in [2.75, 3.05) is 5.32 Å². The van der Waals surface area contributed by atoms with Crippen LogP contribution in [0, 0.1) is 0 Å². The standard InChI is InChI=1S/C20H19NO3/c1-10(2)12-7-8-13-16(9-12)24-20-14-5-4-6-15(21-11(3)22)17(14)19(23)18(13)20/h4-10,18,20H,1-3H3,(H,21,22). The molecule has 122 valence electrons. The fraction of sp³-hybridized carbons (Fsp3) is 0.300. The lowest BCUT2D eigenvalue weighted by Gasteiger charge is -2.12. The van der Waals surface area contributed by atoms with E-state index in [-0.39, 0.29) is 23.7 Å². The number of anilines is 1. The number of rotatable bonds is 2. The van der Waals surface area contributed by atoms with Crippen molar-refractivity contribution < 1.29 is 14.3 Å². The SMILES string of the molecule is CC(=O)Nc1cccc2c1C(=O)C1c3ccc(C(C)C)cc3OC21. The summed E-state index contributed by atoms with van der Waals surface area (Å²) in [6.07, 6.45) is -0.293. The Bertz CT molecular complexity index is 869. The first kappa shape index (κ1) is 14.9. The predicted octanol–water partition coefficient (Wildman–Crippen LogP) is 4.18. The van der Waals surface area contributed by atoms with Crippen LogP contribution in [0.15, 0.2) is 36.4 Å². The van der Waals surface area contributed by atoms with Gasteiger partial charge in [-0.1, -0.05) is 38.1 Å². The Labute approximate surface area is 140 Å². The average molecular weight is 321 g/mol. The summed E-state index contributed by atoms with van der Waals surface area (Å²) < 4.78 is 6.15. The molecule has 0 bridgehead atoms. The third-order valence-electron chi connectivity index (χ3n) is 4.84. The van der Waals surface area contributed by atoms with Crippen molar-refractivity contribution in [1.29, 1.82) is 0 Å². The highest BCUT2D eigenvalue weighted by Gasteiger charge is 2.48. The van der Waals surface area contributed by atoms with Gasteiger partial charge < -0.3 is 10.1 Å². The summed E-state index contributed by atoms with van der Waals surface area (Å²) >= 11 is 0. The van der Waals surface area contributed by atoms with Gasteiger partial charge in [-0.3, -0.25) is 9.59 Å². The lowest BCUT2D eigenvalue weighted by atomic mass is 9.92. The summed E-state index contributed by atoms with van der Waals surface area (Å²) in [7, 11) is 0. The Morgan fingerprint density at radius 3 is 2.67 bits per heavy atom. The molecule has 24 heavy (non-hydrogen) atoms. The Kier molecular flexibility index (Phi) is 3.23. The Balaban J connectivity index is 1.79. The van der Waals surface area contributed by atoms with Crippen LogP contribution in [-0.2, 0) is 4.79 Å². The van der Waals surface area contributed by atoms with E-state index in [1.54, 1.807) is 6.07 Å². The molecule has 2 unspecified atom stereocenters. The number of fused-ring (bicyclic) bond motifs is 5. The number of carbonyl (C=O) groups excluding carboxylic acids is 2. The molecule has 2 aromatic rings. The van der Waals surface area contributed by atoms with Gasteiger partial charge in [-0.2, -0.15) is 0 Å². The summed E-state index contributed by atoms with van der Waals surface area (Å²) in [6.45, 7) is 5.72. The second-order valence-electron chi connectivity index (χ2n) is 6.78. The summed E-state index contributed by atoms with van der Waals surface area (Å²) in [4.78, 5) is 24.4. The number of amides is 1. The van der Waals surface area contributed by atoms with Crippen molar-refractivity contribution >= 4 is 17.4 Å². The molecule has 0 saturated heterocycles. The molecule has 4 heteroatoms. The number of ether oxygens (including phenoxy) is 1. The highest BCUT2D eigenvalue weighted by molar-refractivity contribution is 6.12. The molecule has 1 N–H and O–H groups in total. The smallest absolute Gasteiger partial charge is 0.221 e. The maximum atomic E-state index is 13.0. The quantitative estimate of drug-likeness (QED) is 0.902. The highest BCUT2D eigenvalue weighted by Crippen LogP contribution is 2.54. The Hall–Kier alpha value is -2.62. The third kappa shape index (κ3) is 2.06. The van der Waals surface area contributed by atoms with Gasteiger partial charge in [0.25, 0.3) is 0 Å². The molecular weight excluding hydrogens is 302 g/mol. The van der Waals surface area contributed by atoms with E-state index in [2.05, 4.69) is 25.2 Å². The first-order valence-electron chi connectivity index (χ1n) is 8.22. The zero-order valence-corrected chi connectivity index (χ0v) is 13.9. The lowest BCUT2D eigenvalue weighted by Crippen LogP contribution is -2.11. The van der Waals surface area contributed by atoms with E-state index < -0.39 is 0 Å². The molecule has 0 radical (unpaired) electrons. The van der Waals surface area contributed by atoms with Gasteiger partial charge in [0, 0.05) is 23.6 Å². The van der Waals surface area contributed by atoms with Gasteiger partial charge in [0.2, 0.25) is 5.91 Å². The number of Topliss-reactive ketones (excluding diaryl/α,β-unsaturated/α-hetero) is 1. The molecule has 1 heterocycles. The number of hydrogen-bond acceptors (Lipinski definition) is 3. The fourth-order valence-electron chi connectivity index (χ4n) is 3.69. The molecule has 2 atom stereocenters. The molecule has 0 saturated carbocycles. The van der Waals surface area contributed by atoms with Crippen LogP contribution in [0.1, 0.15) is 65.8 Å². The van der Waals surface area contributed by atoms with Crippen LogP contribution < -0.4 is 10.1 Å². The van der Waals surface area contributed by atoms with E-state index in [1.165, 1.54) is 12.5 Å². The average Bonchev–Trinajstić information content (AvgIpc) is 3.03. The van der Waals surface area contributed by atoms with E-state index in [4.69, 9.17) is 4.74 Å². The molecule has 4 nitrogen and oxygen atoms in total. The van der Waals surface area contributed by atoms with Gasteiger partial charge in [-0.05, 0) is 23.6 Å². The van der Waals surface area contributed by atoms with Crippen molar-refractivity contribution in [2.24, 2.45) is 0 Å². The fourth-order valence-corrected chi connectivity index (χ4v) is 3.69. The maximum absolute atomic E-state index is 13.0. The van der Waals surface area contributed by atoms with Gasteiger partial charge in [0.05, 0.1) is 11.6 Å². The van der Waals surface area contributed by atoms with Crippen molar-refractivity contribution in [1.82, 2.24) is 0 Å². The van der Waals surface area contributed by atoms with Crippen LogP contribution in [0.5, 0.6) is 5.75 Å². The first-order chi connectivity index (χ1) is 11.5. The van der Waals surface area contributed by atoms with Crippen molar-refractivity contribution in [3.63, 3.8) is 0 Å². The zero-order chi connectivity index (χ0) is 17.0. The second kappa shape index (κ2) is 5.20. The van der Waals surface area contributed by atoms with Crippen molar-refractivity contribution in [2.45, 2.75) is 38.7 Å². The summed E-state index contributed by atoms with van der Waals surface area (Å²) in [5.74, 6) is 0.742. The topological polar surface area (TPSA) is 55.4 Å². The summed E-state index contributed by atoms with van der Waals surface area (Å²) in [6, 6.07) is 11.7. The lowest BCUT2D eigenvalue weighted by molar-refractivity contribution is -0.114. The zero-order valence-electron chi connectivity index (χ0n) is 13.9. The molecule has 1 aliphatic heterocycles. The molecule has 2 aliphatic rings. The minimum atomic E-state index is -0.314. The van der Waals surface area contributed by atoms with Crippen LogP contribution in [0.4, 0.5) is 5.69 Å². The first-order valence-corrected chi connectivity index (χ1v) is 8.22. The number of ketones is 1. The summed E-state index contributed by atoms with van der Waals surface area (Å²) in [5, 5.41) is 2.76. The minimum absolute atomic E-state index is 0.0235. The molecule has 1 aliphatic carbocycles. The highest BCUT2D eigenvalue weighted by atomic mass is 16.5. The Morgan fingerprint density at radius 1 is 1.17 bits per heavy atom. The van der Waals surface area contributed by atoms with Gasteiger partial charge >= 0.3 is 0 Å². The van der Waals surface area contributed by atoms with Crippen LogP contribution in [0.3, 0.4) is 0 Å². The number of hydrogen-bond donors (Lipinski definition) is 1. The third-order valence-corrected chi connectivity index (χ3v) is 4.84. The van der Waals surface area contributed by atoms with Crippen LogP contribution in [0.25, 0.3) is 0 Å². The van der Waals surface area contributed by atoms with Gasteiger partial charge in [-0.15, -0.1) is 0 Å². The van der Waals surface area contributed by atoms with Crippen molar-refractivity contribution in [3.8, 4) is 5.75 Å². The van der Waals surface area contributed by atoms with Crippen LogP contribution in [0.2, 0.25) is 0 Å². The van der Waals surface area contributed by atoms with Crippen LogP contribution in [-0.4, -0.2) is 11.7 Å². The monoisotopic (exact) mass is 321 g/mol. The number of benzene rings is 2. The molecule has 0 spiro atoms. The van der Waals surface area contributed by atoms with E-state index in [0.29, 0.717) is 17.2 Å². The van der Waals surface area contributed by atoms with E-state index in [1.807, 2.05) is 24.3 Å². The number of carbonyl (C=O) groups is 2. The van der Waals surface area contributed by atoms with E-state index in [0.717, 1.165) is 16.9 Å². The molecule has 4 rings (SSSR count). The maximum Gasteiger partial charge on any atom is 0.221 e. The molecular formula is C20H19NO3. The summed E-state index contributed by atoms with van der Waals surface area (Å²) in [5.41, 5.74) is 4.16. The van der Waals surface area contributed by atoms with E-state index >= 15 is 0 Å². The normalized spacial score (nSPS) is 20.4. The van der Waals surface area contributed by atoms with Gasteiger partial charge in [0.15, 0.2) is 5.78 Å². The second-order valence-corrected chi connectivity index (χ2v) is 6.78. The number of nitrogens with one attached hydrogen (secondary N) is 1. The van der Waals surface area contributed by atoms with Gasteiger partial charge in [0.1, 0.15) is 11.9 Å². The Morgan fingerprint density at radius 2 is 1.96 bits per heavy atom.